The molecule has 1 amide bonds. The van der Waals surface area contributed by atoms with E-state index in [0.29, 0.717) is 11.8 Å². The van der Waals surface area contributed by atoms with E-state index < -0.39 is 46.7 Å². The lowest BCUT2D eigenvalue weighted by Crippen LogP contribution is -2.50. The molecule has 0 aliphatic carbocycles. The summed E-state index contributed by atoms with van der Waals surface area (Å²) < 4.78 is 87.7. The highest BCUT2D eigenvalue weighted by atomic mass is 19.4. The van der Waals surface area contributed by atoms with Gasteiger partial charge in [0.15, 0.2) is 17.4 Å². The van der Waals surface area contributed by atoms with E-state index in [9.17, 15) is 31.1 Å². The van der Waals surface area contributed by atoms with Crippen molar-refractivity contribution in [1.29, 1.82) is 0 Å². The summed E-state index contributed by atoms with van der Waals surface area (Å²) in [5, 5.41) is 2.31. The molecule has 2 aromatic carbocycles. The first kappa shape index (κ1) is 22.7. The maximum Gasteiger partial charge on any atom is 0.400 e. The van der Waals surface area contributed by atoms with Crippen molar-refractivity contribution in [2.24, 2.45) is 5.92 Å². The third-order valence-electron chi connectivity index (χ3n) is 5.48. The minimum atomic E-state index is -4.63. The van der Waals surface area contributed by atoms with Gasteiger partial charge >= 0.3 is 6.18 Å². The second-order valence-electron chi connectivity index (χ2n) is 7.36. The number of alkyl halides is 3. The van der Waals surface area contributed by atoms with Crippen molar-refractivity contribution in [2.75, 3.05) is 12.4 Å². The molecular formula is C23H16F6N2O2. The van der Waals surface area contributed by atoms with E-state index in [2.05, 4.69) is 5.32 Å². The summed E-state index contributed by atoms with van der Waals surface area (Å²) in [5.74, 6) is -7.14. The number of nitrogens with one attached hydrogen (secondary N) is 1. The molecule has 2 atom stereocenters. The van der Waals surface area contributed by atoms with Crippen LogP contribution in [0.5, 0.6) is 0 Å². The van der Waals surface area contributed by atoms with Crippen LogP contribution in [-0.4, -0.2) is 24.1 Å². The number of nitrogens with zero attached hydrogens (tertiary/aromatic N) is 1. The fraction of sp³-hybridized carbons (Fsp3) is 0.174. The summed E-state index contributed by atoms with van der Waals surface area (Å²) in [4.78, 5) is 13.7. The van der Waals surface area contributed by atoms with Crippen LogP contribution in [0, 0.1) is 23.4 Å². The fourth-order valence-electron chi connectivity index (χ4n) is 3.99. The Balaban J connectivity index is 1.65. The van der Waals surface area contributed by atoms with Gasteiger partial charge in [0.05, 0.1) is 5.56 Å². The average Bonchev–Trinajstić information content (AvgIpc) is 3.13. The van der Waals surface area contributed by atoms with Crippen LogP contribution in [0.15, 0.2) is 72.6 Å². The first-order valence-corrected chi connectivity index (χ1v) is 9.62. The zero-order valence-electron chi connectivity index (χ0n) is 17.0. The number of hydrogen-bond acceptors (Lipinski definition) is 3. The van der Waals surface area contributed by atoms with Gasteiger partial charge in [-0.2, -0.15) is 13.2 Å². The van der Waals surface area contributed by atoms with Crippen LogP contribution in [0.4, 0.5) is 32.0 Å². The zero-order chi connectivity index (χ0) is 24.0. The SMILES string of the molecule is COC1(c2ccc(NC(=O)c3cc(F)c(F)cc3F)cc2)C(C(F)(F)F)C=C2C=CC=CN21. The molecule has 4 rings (SSSR count). The van der Waals surface area contributed by atoms with Gasteiger partial charge in [-0.3, -0.25) is 4.79 Å². The maximum absolute atomic E-state index is 14.0. The van der Waals surface area contributed by atoms with Gasteiger partial charge in [-0.25, -0.2) is 13.2 Å². The molecule has 0 fully saturated rings. The lowest BCUT2D eigenvalue weighted by Gasteiger charge is -2.43. The number of fused-ring (bicyclic) bond motifs is 1. The van der Waals surface area contributed by atoms with Gasteiger partial charge in [0, 0.05) is 36.3 Å². The molecule has 1 N–H and O–H groups in total. The summed E-state index contributed by atoms with van der Waals surface area (Å²) in [6.07, 6.45) is 2.64. The van der Waals surface area contributed by atoms with E-state index in [1.54, 1.807) is 12.2 Å². The molecule has 0 bridgehead atoms. The Bertz CT molecular complexity index is 1190. The van der Waals surface area contributed by atoms with Crippen LogP contribution in [-0.2, 0) is 10.5 Å². The minimum Gasteiger partial charge on any atom is -0.353 e. The van der Waals surface area contributed by atoms with Crippen LogP contribution in [0.3, 0.4) is 0 Å². The molecule has 33 heavy (non-hydrogen) atoms. The number of halogens is 6. The highest BCUT2D eigenvalue weighted by molar-refractivity contribution is 6.04. The standard InChI is InChI=1S/C23H16F6N2O2/c1-33-22(20(23(27,28)29)10-15-4-2-3-9-31(15)22)13-5-7-14(8-6-13)30-21(32)16-11-18(25)19(26)12-17(16)24/h2-12,20H,1H3,(H,30,32). The third kappa shape index (κ3) is 3.80. The number of ether oxygens (including phenoxy) is 1. The molecule has 0 radical (unpaired) electrons. The Hall–Kier alpha value is -3.53. The molecule has 2 heterocycles. The quantitative estimate of drug-likeness (QED) is 0.470. The Kier molecular flexibility index (Phi) is 5.57. The molecule has 4 nitrogen and oxygen atoms in total. The van der Waals surface area contributed by atoms with E-state index in [1.165, 1.54) is 48.6 Å². The van der Waals surface area contributed by atoms with Crippen LogP contribution in [0.25, 0.3) is 0 Å². The molecule has 2 aliphatic rings. The van der Waals surface area contributed by atoms with Crippen molar-refractivity contribution in [3.8, 4) is 0 Å². The molecule has 2 unspecified atom stereocenters. The zero-order valence-corrected chi connectivity index (χ0v) is 17.0. The topological polar surface area (TPSA) is 41.6 Å². The van der Waals surface area contributed by atoms with Gasteiger partial charge in [0.1, 0.15) is 11.7 Å². The highest BCUT2D eigenvalue weighted by Crippen LogP contribution is 2.53. The van der Waals surface area contributed by atoms with Gasteiger partial charge in [0.25, 0.3) is 5.91 Å². The Labute approximate surface area is 184 Å². The normalized spacial score (nSPS) is 21.7. The summed E-state index contributed by atoms with van der Waals surface area (Å²) >= 11 is 0. The number of anilines is 1. The lowest BCUT2D eigenvalue weighted by atomic mass is 9.89. The van der Waals surface area contributed by atoms with Crippen LogP contribution in [0.1, 0.15) is 15.9 Å². The lowest BCUT2D eigenvalue weighted by molar-refractivity contribution is -0.243. The second kappa shape index (κ2) is 8.11. The minimum absolute atomic E-state index is 0.1000. The Morgan fingerprint density at radius 2 is 1.70 bits per heavy atom. The number of carbonyl (C=O) groups excluding carboxylic acids is 1. The molecule has 2 aliphatic heterocycles. The molecule has 0 spiro atoms. The van der Waals surface area contributed by atoms with E-state index >= 15 is 0 Å². The van der Waals surface area contributed by atoms with Gasteiger partial charge in [-0.1, -0.05) is 18.2 Å². The van der Waals surface area contributed by atoms with Gasteiger partial charge in [0.2, 0.25) is 0 Å². The van der Waals surface area contributed by atoms with Crippen LogP contribution >= 0.6 is 0 Å². The first-order chi connectivity index (χ1) is 15.6. The van der Waals surface area contributed by atoms with Gasteiger partial charge in [-0.05, 0) is 36.4 Å². The molecule has 172 valence electrons. The number of allylic oxidation sites excluding steroid dienone is 3. The van der Waals surface area contributed by atoms with Crippen molar-refractivity contribution in [2.45, 2.75) is 11.9 Å². The first-order valence-electron chi connectivity index (χ1n) is 9.62. The molecule has 10 heteroatoms. The van der Waals surface area contributed by atoms with Crippen LogP contribution < -0.4 is 5.32 Å². The fourth-order valence-corrected chi connectivity index (χ4v) is 3.99. The van der Waals surface area contributed by atoms with Crippen LogP contribution in [0.2, 0.25) is 0 Å². The number of methoxy groups -OCH3 is 1. The maximum atomic E-state index is 14.0. The van der Waals surface area contributed by atoms with E-state index in [1.807, 2.05) is 0 Å². The Morgan fingerprint density at radius 3 is 2.33 bits per heavy atom. The number of rotatable bonds is 4. The summed E-state index contributed by atoms with van der Waals surface area (Å²) in [6.45, 7) is 0. The summed E-state index contributed by atoms with van der Waals surface area (Å²) in [7, 11) is 1.17. The molecule has 0 aromatic heterocycles. The van der Waals surface area contributed by atoms with Crippen molar-refractivity contribution >= 4 is 11.6 Å². The van der Waals surface area contributed by atoms with E-state index in [-0.39, 0.29) is 17.3 Å². The number of amides is 1. The second-order valence-corrected chi connectivity index (χ2v) is 7.36. The largest absolute Gasteiger partial charge is 0.400 e. The van der Waals surface area contributed by atoms with Crippen molar-refractivity contribution in [1.82, 2.24) is 4.90 Å². The average molecular weight is 466 g/mol. The van der Waals surface area contributed by atoms with Crippen molar-refractivity contribution < 1.29 is 35.9 Å². The van der Waals surface area contributed by atoms with Crippen molar-refractivity contribution in [3.63, 3.8) is 0 Å². The Morgan fingerprint density at radius 1 is 1.03 bits per heavy atom. The molecular weight excluding hydrogens is 450 g/mol. The smallest absolute Gasteiger partial charge is 0.353 e. The monoisotopic (exact) mass is 466 g/mol. The number of carbonyl (C=O) groups is 1. The van der Waals surface area contributed by atoms with Gasteiger partial charge < -0.3 is 15.0 Å². The predicted octanol–water partition coefficient (Wildman–Crippen LogP) is 5.62. The molecule has 0 saturated heterocycles. The number of benzene rings is 2. The van der Waals surface area contributed by atoms with E-state index in [0.717, 1.165) is 6.08 Å². The molecule has 2 aromatic rings. The van der Waals surface area contributed by atoms with Crippen molar-refractivity contribution in [3.05, 3.63) is 101 Å². The summed E-state index contributed by atoms with van der Waals surface area (Å²) in [5.41, 5.74) is -2.09. The van der Waals surface area contributed by atoms with Gasteiger partial charge in [-0.15, -0.1) is 0 Å². The third-order valence-corrected chi connectivity index (χ3v) is 5.48. The number of hydrogen-bond donors (Lipinski definition) is 1. The van der Waals surface area contributed by atoms with E-state index in [4.69, 9.17) is 4.74 Å². The highest BCUT2D eigenvalue weighted by Gasteiger charge is 2.60. The molecule has 0 saturated carbocycles. The summed E-state index contributed by atoms with van der Waals surface area (Å²) in [6, 6.07) is 5.95. The predicted molar refractivity (Wildman–Crippen MR) is 107 cm³/mol.